The molecule has 0 saturated carbocycles. The molecule has 0 spiro atoms. The molecule has 1 amide bonds. The molecule has 2 heterocycles. The van der Waals surface area contributed by atoms with Gasteiger partial charge in [-0.05, 0) is 30.3 Å². The van der Waals surface area contributed by atoms with Gasteiger partial charge in [0.05, 0.1) is 30.2 Å². The maximum atomic E-state index is 13.5. The third kappa shape index (κ3) is 3.08. The highest BCUT2D eigenvalue weighted by Crippen LogP contribution is 2.28. The quantitative estimate of drug-likeness (QED) is 0.769. The highest BCUT2D eigenvalue weighted by atomic mass is 19.1. The first-order chi connectivity index (χ1) is 12.2. The number of amides is 1. The van der Waals surface area contributed by atoms with E-state index in [-0.39, 0.29) is 11.7 Å². The Labute approximate surface area is 144 Å². The first-order valence-corrected chi connectivity index (χ1v) is 8.22. The molecule has 0 radical (unpaired) electrons. The number of morpholine rings is 1. The number of nitrogens with zero attached hydrogens (tertiary/aromatic N) is 1. The van der Waals surface area contributed by atoms with Crippen molar-refractivity contribution in [1.29, 1.82) is 0 Å². The van der Waals surface area contributed by atoms with Gasteiger partial charge in [-0.2, -0.15) is 0 Å². The van der Waals surface area contributed by atoms with Crippen molar-refractivity contribution < 1.29 is 13.9 Å². The zero-order valence-electron chi connectivity index (χ0n) is 13.6. The molecule has 5 nitrogen and oxygen atoms in total. The zero-order chi connectivity index (χ0) is 17.2. The van der Waals surface area contributed by atoms with Crippen LogP contribution >= 0.6 is 0 Å². The third-order valence-electron chi connectivity index (χ3n) is 4.39. The van der Waals surface area contributed by atoms with E-state index >= 15 is 0 Å². The van der Waals surface area contributed by atoms with E-state index in [9.17, 15) is 9.18 Å². The van der Waals surface area contributed by atoms with Gasteiger partial charge in [-0.25, -0.2) is 4.39 Å². The normalized spacial score (nSPS) is 14.7. The fourth-order valence-corrected chi connectivity index (χ4v) is 3.13. The predicted octanol–water partition coefficient (Wildman–Crippen LogP) is 3.40. The lowest BCUT2D eigenvalue weighted by atomic mass is 10.1. The van der Waals surface area contributed by atoms with Crippen LogP contribution in [0.2, 0.25) is 0 Å². The van der Waals surface area contributed by atoms with Gasteiger partial charge < -0.3 is 19.9 Å². The molecule has 1 aliphatic heterocycles. The molecule has 3 aromatic rings. The number of carbonyl (C=O) groups excluding carboxylic acids is 1. The van der Waals surface area contributed by atoms with E-state index in [0.717, 1.165) is 30.0 Å². The number of para-hydroxylation sites is 2. The number of aromatic nitrogens is 1. The number of H-pyrrole nitrogens is 1. The smallest absolute Gasteiger partial charge is 0.257 e. The molecule has 0 unspecified atom stereocenters. The second-order valence-electron chi connectivity index (χ2n) is 5.96. The molecule has 2 aromatic carbocycles. The largest absolute Gasteiger partial charge is 0.378 e. The Bertz CT molecular complexity index is 916. The van der Waals surface area contributed by atoms with Gasteiger partial charge in [-0.3, -0.25) is 4.79 Å². The summed E-state index contributed by atoms with van der Waals surface area (Å²) in [4.78, 5) is 17.9. The maximum Gasteiger partial charge on any atom is 0.257 e. The average molecular weight is 339 g/mol. The summed E-state index contributed by atoms with van der Waals surface area (Å²) in [6, 6.07) is 12.1. The van der Waals surface area contributed by atoms with Gasteiger partial charge in [0.2, 0.25) is 0 Å². The minimum Gasteiger partial charge on any atom is -0.378 e. The van der Waals surface area contributed by atoms with Crippen LogP contribution in [0.1, 0.15) is 10.4 Å². The number of benzene rings is 2. The lowest BCUT2D eigenvalue weighted by Crippen LogP contribution is -2.36. The number of hydrogen-bond acceptors (Lipinski definition) is 3. The van der Waals surface area contributed by atoms with E-state index in [0.29, 0.717) is 24.2 Å². The average Bonchev–Trinajstić information content (AvgIpc) is 3.06. The number of anilines is 2. The van der Waals surface area contributed by atoms with E-state index in [4.69, 9.17) is 4.74 Å². The topological polar surface area (TPSA) is 57.4 Å². The molecule has 1 aromatic heterocycles. The minimum absolute atomic E-state index is 0.266. The number of nitrogens with one attached hydrogen (secondary N) is 2. The standard InChI is InChI=1S/C19H18FN3O2/c20-13-5-6-16-14(11-13)15(12-21-16)19(24)22-17-3-1-2-4-18(17)23-7-9-25-10-8-23/h1-6,11-12,21H,7-10H2,(H,22,24). The van der Waals surface area contributed by atoms with Gasteiger partial charge >= 0.3 is 0 Å². The number of carbonyl (C=O) groups is 1. The molecular formula is C19H18FN3O2. The Morgan fingerprint density at radius 3 is 2.80 bits per heavy atom. The molecule has 6 heteroatoms. The molecule has 1 aliphatic rings. The molecule has 128 valence electrons. The van der Waals surface area contributed by atoms with Crippen LogP contribution in [-0.2, 0) is 4.74 Å². The number of ether oxygens (including phenoxy) is 1. The van der Waals surface area contributed by atoms with E-state index in [1.807, 2.05) is 24.3 Å². The highest BCUT2D eigenvalue weighted by molar-refractivity contribution is 6.13. The van der Waals surface area contributed by atoms with Gasteiger partial charge in [-0.15, -0.1) is 0 Å². The lowest BCUT2D eigenvalue weighted by Gasteiger charge is -2.30. The number of rotatable bonds is 3. The summed E-state index contributed by atoms with van der Waals surface area (Å²) in [5.41, 5.74) is 2.85. The van der Waals surface area contributed by atoms with Crippen LogP contribution in [0.15, 0.2) is 48.7 Å². The van der Waals surface area contributed by atoms with Gasteiger partial charge in [-0.1, -0.05) is 12.1 Å². The molecule has 25 heavy (non-hydrogen) atoms. The Hall–Kier alpha value is -2.86. The van der Waals surface area contributed by atoms with Crippen molar-refractivity contribution in [2.24, 2.45) is 0 Å². The molecule has 1 saturated heterocycles. The number of hydrogen-bond donors (Lipinski definition) is 2. The van der Waals surface area contributed by atoms with Crippen molar-refractivity contribution in [3.63, 3.8) is 0 Å². The fourth-order valence-electron chi connectivity index (χ4n) is 3.13. The SMILES string of the molecule is O=C(Nc1ccccc1N1CCOCC1)c1c[nH]c2ccc(F)cc12. The number of aromatic amines is 1. The molecule has 0 bridgehead atoms. The van der Waals surface area contributed by atoms with Crippen molar-refractivity contribution in [1.82, 2.24) is 4.98 Å². The minimum atomic E-state index is -0.366. The summed E-state index contributed by atoms with van der Waals surface area (Å²) in [5, 5.41) is 3.53. The summed E-state index contributed by atoms with van der Waals surface area (Å²) in [6.07, 6.45) is 1.61. The van der Waals surface area contributed by atoms with Gasteiger partial charge in [0.25, 0.3) is 5.91 Å². The molecule has 2 N–H and O–H groups in total. The van der Waals surface area contributed by atoms with Crippen LogP contribution in [0.4, 0.5) is 15.8 Å². The van der Waals surface area contributed by atoms with Crippen LogP contribution in [0.3, 0.4) is 0 Å². The number of halogens is 1. The second-order valence-corrected chi connectivity index (χ2v) is 5.96. The molecule has 0 atom stereocenters. The van der Waals surface area contributed by atoms with Crippen molar-refractivity contribution in [2.75, 3.05) is 36.5 Å². The lowest BCUT2D eigenvalue weighted by molar-refractivity contribution is 0.102. The van der Waals surface area contributed by atoms with Crippen molar-refractivity contribution in [3.05, 3.63) is 60.0 Å². The monoisotopic (exact) mass is 339 g/mol. The van der Waals surface area contributed by atoms with Crippen LogP contribution in [0.5, 0.6) is 0 Å². The summed E-state index contributed by atoms with van der Waals surface area (Å²) in [5.74, 6) is -0.632. The van der Waals surface area contributed by atoms with Gasteiger partial charge in [0, 0.05) is 30.2 Å². The summed E-state index contributed by atoms with van der Waals surface area (Å²) in [7, 11) is 0. The van der Waals surface area contributed by atoms with E-state index in [2.05, 4.69) is 15.2 Å². The molecule has 0 aliphatic carbocycles. The van der Waals surface area contributed by atoms with Crippen LogP contribution in [0.25, 0.3) is 10.9 Å². The third-order valence-corrected chi connectivity index (χ3v) is 4.39. The van der Waals surface area contributed by atoms with Gasteiger partial charge in [0.15, 0.2) is 0 Å². The van der Waals surface area contributed by atoms with Crippen LogP contribution < -0.4 is 10.2 Å². The Morgan fingerprint density at radius 1 is 1.16 bits per heavy atom. The summed E-state index contributed by atoms with van der Waals surface area (Å²) in [6.45, 7) is 2.91. The Morgan fingerprint density at radius 2 is 1.96 bits per heavy atom. The Kier molecular flexibility index (Phi) is 4.11. The first-order valence-electron chi connectivity index (χ1n) is 8.22. The van der Waals surface area contributed by atoms with Crippen LogP contribution in [0, 0.1) is 5.82 Å². The first kappa shape index (κ1) is 15.7. The Balaban J connectivity index is 1.63. The van der Waals surface area contributed by atoms with Crippen molar-refractivity contribution in [2.45, 2.75) is 0 Å². The molecule has 4 rings (SSSR count). The van der Waals surface area contributed by atoms with Crippen molar-refractivity contribution in [3.8, 4) is 0 Å². The van der Waals surface area contributed by atoms with Crippen molar-refractivity contribution >= 4 is 28.2 Å². The molecular weight excluding hydrogens is 321 g/mol. The molecule has 1 fully saturated rings. The van der Waals surface area contributed by atoms with E-state index < -0.39 is 0 Å². The van der Waals surface area contributed by atoms with E-state index in [1.54, 1.807) is 12.3 Å². The highest BCUT2D eigenvalue weighted by Gasteiger charge is 2.18. The number of fused-ring (bicyclic) bond motifs is 1. The van der Waals surface area contributed by atoms with Gasteiger partial charge in [0.1, 0.15) is 5.82 Å². The fraction of sp³-hybridized carbons (Fsp3) is 0.211. The second kappa shape index (κ2) is 6.57. The van der Waals surface area contributed by atoms with Crippen LogP contribution in [-0.4, -0.2) is 37.2 Å². The zero-order valence-corrected chi connectivity index (χ0v) is 13.6. The maximum absolute atomic E-state index is 13.5. The summed E-state index contributed by atoms with van der Waals surface area (Å²) >= 11 is 0. The van der Waals surface area contributed by atoms with E-state index in [1.165, 1.54) is 12.1 Å². The summed E-state index contributed by atoms with van der Waals surface area (Å²) < 4.78 is 18.9. The predicted molar refractivity (Wildman–Crippen MR) is 95.7 cm³/mol.